The molecule has 11 heteroatoms. The van der Waals surface area contributed by atoms with Crippen LogP contribution in [-0.4, -0.2) is 48.0 Å². The van der Waals surface area contributed by atoms with Crippen LogP contribution in [-0.2, 0) is 9.53 Å². The van der Waals surface area contributed by atoms with Crippen LogP contribution in [0, 0.1) is 13.8 Å². The number of benzene rings is 2. The lowest BCUT2D eigenvalue weighted by Crippen LogP contribution is -2.46. The van der Waals surface area contributed by atoms with E-state index in [-0.39, 0.29) is 28.3 Å². The molecule has 2 heterocycles. The maximum atomic E-state index is 14.2. The molecule has 1 fully saturated rings. The zero-order valence-corrected chi connectivity index (χ0v) is 23.0. The topological polar surface area (TPSA) is 150 Å². The molecule has 1 saturated heterocycles. The van der Waals surface area contributed by atoms with E-state index in [0.717, 1.165) is 35.5 Å². The molecule has 0 bridgehead atoms. The average Bonchev–Trinajstić information content (AvgIpc) is 3.58. The van der Waals surface area contributed by atoms with Crippen molar-refractivity contribution < 1.29 is 23.9 Å². The van der Waals surface area contributed by atoms with Crippen molar-refractivity contribution in [3.8, 4) is 5.75 Å². The molecule has 3 amide bonds. The maximum Gasteiger partial charge on any atom is 0.273 e. The van der Waals surface area contributed by atoms with Crippen LogP contribution in [0.15, 0.2) is 42.5 Å². The van der Waals surface area contributed by atoms with E-state index in [1.807, 2.05) is 32.9 Å². The first-order valence-electron chi connectivity index (χ1n) is 12.8. The quantitative estimate of drug-likeness (QED) is 0.349. The monoisotopic (exact) mass is 551 g/mol. The van der Waals surface area contributed by atoms with Crippen molar-refractivity contribution in [2.75, 3.05) is 30.4 Å². The van der Waals surface area contributed by atoms with E-state index in [1.54, 1.807) is 30.3 Å². The minimum Gasteiger partial charge on any atom is -0.494 e. The zero-order chi connectivity index (χ0) is 28.1. The molecule has 0 saturated carbocycles. The minimum absolute atomic E-state index is 0.0209. The molecule has 2 atom stereocenters. The molecule has 1 aliphatic rings. The molecule has 4 rings (SSSR count). The van der Waals surface area contributed by atoms with Crippen LogP contribution in [0.4, 0.5) is 11.4 Å². The van der Waals surface area contributed by atoms with Crippen molar-refractivity contribution >= 4 is 40.6 Å². The molecule has 0 spiro atoms. The van der Waals surface area contributed by atoms with Gasteiger partial charge in [-0.05, 0) is 80.0 Å². The van der Waals surface area contributed by atoms with Crippen LogP contribution < -0.4 is 26.4 Å². The van der Waals surface area contributed by atoms with E-state index >= 15 is 0 Å². The number of hydrogen-bond donors (Lipinski definition) is 3. The van der Waals surface area contributed by atoms with Gasteiger partial charge in [0.1, 0.15) is 16.7 Å². The van der Waals surface area contributed by atoms with E-state index in [4.69, 9.17) is 20.9 Å². The van der Waals surface area contributed by atoms with Gasteiger partial charge in [-0.3, -0.25) is 19.3 Å². The molecule has 0 unspecified atom stereocenters. The number of carbonyl (C=O) groups is 3. The number of nitrogen functional groups attached to an aromatic ring is 1. The summed E-state index contributed by atoms with van der Waals surface area (Å²) in [6.45, 7) is 7.16. The van der Waals surface area contributed by atoms with Gasteiger partial charge < -0.3 is 26.3 Å². The standard InChI is InChI=1S/C28H33N5O5S/c1-4-37-19-12-10-18(11-13-19)24(27(35)31-15-20-8-6-14-38-20)33(21-9-5-7-16(2)17(21)3)28(36)25-22(29)23(26(30)34)32-39-25/h5,7,9-13,20,24H,4,6,8,14-15,29H2,1-3H3,(H2,30,34)(H,31,35)/t20-,24-/m0/s1. The number of anilines is 2. The first-order chi connectivity index (χ1) is 18.7. The van der Waals surface area contributed by atoms with Gasteiger partial charge in [-0.1, -0.05) is 24.3 Å². The first-order valence-corrected chi connectivity index (χ1v) is 13.6. The van der Waals surface area contributed by atoms with Crippen molar-refractivity contribution in [1.82, 2.24) is 9.69 Å². The number of rotatable bonds is 10. The van der Waals surface area contributed by atoms with Crippen LogP contribution in [0.2, 0.25) is 0 Å². The number of aryl methyl sites for hydroxylation is 1. The highest BCUT2D eigenvalue weighted by atomic mass is 32.1. The Balaban J connectivity index is 1.84. The second kappa shape index (κ2) is 12.3. The van der Waals surface area contributed by atoms with E-state index in [1.165, 1.54) is 4.90 Å². The van der Waals surface area contributed by atoms with Crippen molar-refractivity contribution in [2.24, 2.45) is 5.73 Å². The summed E-state index contributed by atoms with van der Waals surface area (Å²) in [6, 6.07) is 11.5. The molecule has 10 nitrogen and oxygen atoms in total. The fourth-order valence-corrected chi connectivity index (χ4v) is 5.29. The maximum absolute atomic E-state index is 14.2. The lowest BCUT2D eigenvalue weighted by Gasteiger charge is -2.33. The number of nitrogens with zero attached hydrogens (tertiary/aromatic N) is 2. The largest absolute Gasteiger partial charge is 0.494 e. The zero-order valence-electron chi connectivity index (χ0n) is 22.2. The minimum atomic E-state index is -1.08. The second-order valence-electron chi connectivity index (χ2n) is 9.32. The van der Waals surface area contributed by atoms with Crippen LogP contribution in [0.3, 0.4) is 0 Å². The van der Waals surface area contributed by atoms with Crippen LogP contribution in [0.5, 0.6) is 5.75 Å². The fourth-order valence-electron chi connectivity index (χ4n) is 4.55. The molecular formula is C28H33N5O5S. The van der Waals surface area contributed by atoms with Gasteiger partial charge in [0.2, 0.25) is 5.91 Å². The van der Waals surface area contributed by atoms with Crippen molar-refractivity contribution in [3.05, 3.63) is 69.7 Å². The van der Waals surface area contributed by atoms with Crippen LogP contribution in [0.25, 0.3) is 0 Å². The Bertz CT molecular complexity index is 1350. The van der Waals surface area contributed by atoms with Gasteiger partial charge in [0.05, 0.1) is 18.4 Å². The highest BCUT2D eigenvalue weighted by Gasteiger charge is 2.37. The number of carbonyl (C=O) groups excluding carboxylic acids is 3. The number of primary amides is 1. The fraction of sp³-hybridized carbons (Fsp3) is 0.357. The number of hydrogen-bond acceptors (Lipinski definition) is 8. The summed E-state index contributed by atoms with van der Waals surface area (Å²) in [5.74, 6) is -1.15. The Morgan fingerprint density at radius 3 is 2.56 bits per heavy atom. The van der Waals surface area contributed by atoms with Gasteiger partial charge >= 0.3 is 0 Å². The number of ether oxygens (including phenoxy) is 2. The normalized spacial score (nSPS) is 15.5. The molecule has 39 heavy (non-hydrogen) atoms. The predicted molar refractivity (Wildman–Crippen MR) is 150 cm³/mol. The summed E-state index contributed by atoms with van der Waals surface area (Å²) in [5.41, 5.74) is 14.1. The van der Waals surface area contributed by atoms with Gasteiger partial charge in [0, 0.05) is 18.8 Å². The van der Waals surface area contributed by atoms with Gasteiger partial charge in [-0.15, -0.1) is 0 Å². The van der Waals surface area contributed by atoms with Crippen molar-refractivity contribution in [2.45, 2.75) is 45.8 Å². The molecule has 0 radical (unpaired) electrons. The summed E-state index contributed by atoms with van der Waals surface area (Å²) in [6.07, 6.45) is 1.69. The van der Waals surface area contributed by atoms with Gasteiger partial charge in [-0.2, -0.15) is 4.37 Å². The number of nitrogens with two attached hydrogens (primary N) is 2. The van der Waals surface area contributed by atoms with E-state index < -0.39 is 17.9 Å². The van der Waals surface area contributed by atoms with E-state index in [2.05, 4.69) is 9.69 Å². The second-order valence-corrected chi connectivity index (χ2v) is 10.1. The Morgan fingerprint density at radius 1 is 1.21 bits per heavy atom. The highest BCUT2D eigenvalue weighted by Crippen LogP contribution is 2.36. The number of amides is 3. The lowest BCUT2D eigenvalue weighted by molar-refractivity contribution is -0.123. The van der Waals surface area contributed by atoms with Crippen LogP contribution >= 0.6 is 11.5 Å². The predicted octanol–water partition coefficient (Wildman–Crippen LogP) is 3.52. The molecule has 1 aromatic heterocycles. The molecule has 3 aromatic rings. The van der Waals surface area contributed by atoms with E-state index in [0.29, 0.717) is 36.8 Å². The third-order valence-corrected chi connectivity index (χ3v) is 7.60. The summed E-state index contributed by atoms with van der Waals surface area (Å²) in [5, 5.41) is 2.98. The molecule has 5 N–H and O–H groups in total. The SMILES string of the molecule is CCOc1ccc([C@@H](C(=O)NC[C@@H]2CCCO2)N(C(=O)c2snc(C(N)=O)c2N)c2cccc(C)c2C)cc1. The Morgan fingerprint density at radius 2 is 1.95 bits per heavy atom. The third-order valence-electron chi connectivity index (χ3n) is 6.75. The molecule has 206 valence electrons. The van der Waals surface area contributed by atoms with Gasteiger partial charge in [0.25, 0.3) is 11.8 Å². The summed E-state index contributed by atoms with van der Waals surface area (Å²) in [4.78, 5) is 41.5. The third kappa shape index (κ3) is 6.04. The van der Waals surface area contributed by atoms with Crippen LogP contribution in [0.1, 0.15) is 62.7 Å². The number of aromatic nitrogens is 1. The Kier molecular flexibility index (Phi) is 8.82. The Labute approximate surface area is 231 Å². The summed E-state index contributed by atoms with van der Waals surface area (Å²) >= 11 is 0.774. The number of nitrogens with one attached hydrogen (secondary N) is 1. The molecule has 1 aliphatic heterocycles. The first kappa shape index (κ1) is 28.1. The average molecular weight is 552 g/mol. The molecule has 0 aliphatic carbocycles. The van der Waals surface area contributed by atoms with Gasteiger partial charge in [0.15, 0.2) is 5.69 Å². The van der Waals surface area contributed by atoms with Crippen molar-refractivity contribution in [3.63, 3.8) is 0 Å². The summed E-state index contributed by atoms with van der Waals surface area (Å²) < 4.78 is 15.3. The summed E-state index contributed by atoms with van der Waals surface area (Å²) in [7, 11) is 0. The lowest BCUT2D eigenvalue weighted by atomic mass is 9.99. The molecular weight excluding hydrogens is 518 g/mol. The van der Waals surface area contributed by atoms with E-state index in [9.17, 15) is 14.4 Å². The van der Waals surface area contributed by atoms with Gasteiger partial charge in [-0.25, -0.2) is 0 Å². The Hall–Kier alpha value is -3.96. The van der Waals surface area contributed by atoms with Crippen molar-refractivity contribution in [1.29, 1.82) is 0 Å². The smallest absolute Gasteiger partial charge is 0.273 e. The highest BCUT2D eigenvalue weighted by molar-refractivity contribution is 7.09. The molecule has 2 aromatic carbocycles.